The van der Waals surface area contributed by atoms with Gasteiger partial charge in [-0.1, -0.05) is 29.8 Å². The highest BCUT2D eigenvalue weighted by atomic mass is 35.5. The predicted octanol–water partition coefficient (Wildman–Crippen LogP) is 2.47. The number of benzene rings is 1. The average Bonchev–Trinajstić information content (AvgIpc) is 3.17. The molecule has 1 atom stereocenters. The Labute approximate surface area is 144 Å². The van der Waals surface area contributed by atoms with Crippen LogP contribution >= 0.6 is 11.6 Å². The molecule has 0 bridgehead atoms. The van der Waals surface area contributed by atoms with E-state index in [9.17, 15) is 9.59 Å². The number of hydrogen-bond acceptors (Lipinski definition) is 4. The second-order valence-electron chi connectivity index (χ2n) is 5.56. The first-order chi connectivity index (χ1) is 11.6. The average molecular weight is 349 g/mol. The number of halogens is 1. The molecule has 1 aliphatic rings. The van der Waals surface area contributed by atoms with Crippen LogP contribution in [-0.2, 0) is 11.3 Å². The molecule has 6 nitrogen and oxygen atoms in total. The van der Waals surface area contributed by atoms with Crippen molar-refractivity contribution in [3.63, 3.8) is 0 Å². The highest BCUT2D eigenvalue weighted by Crippen LogP contribution is 2.21. The smallest absolute Gasteiger partial charge is 0.287 e. The minimum absolute atomic E-state index is 0.0164. The van der Waals surface area contributed by atoms with Gasteiger partial charge in [0.05, 0.1) is 13.2 Å². The number of amides is 2. The molecule has 1 unspecified atom stereocenters. The Morgan fingerprint density at radius 3 is 2.88 bits per heavy atom. The summed E-state index contributed by atoms with van der Waals surface area (Å²) < 4.78 is 10.1. The summed E-state index contributed by atoms with van der Waals surface area (Å²) in [6.45, 7) is 0.868. The largest absolute Gasteiger partial charge is 0.468 e. The van der Waals surface area contributed by atoms with Gasteiger partial charge in [0.15, 0.2) is 5.76 Å². The SMILES string of the molecule is COc1ccc(C(=O)NC2CC(=O)N(Cc3ccccc3Cl)C2)o1. The maximum Gasteiger partial charge on any atom is 0.287 e. The van der Waals surface area contributed by atoms with E-state index in [1.54, 1.807) is 17.0 Å². The summed E-state index contributed by atoms with van der Waals surface area (Å²) >= 11 is 6.14. The molecule has 126 valence electrons. The van der Waals surface area contributed by atoms with Crippen LogP contribution in [0.4, 0.5) is 0 Å². The third kappa shape index (κ3) is 3.54. The maximum atomic E-state index is 12.2. The second kappa shape index (κ2) is 6.97. The van der Waals surface area contributed by atoms with Crippen LogP contribution in [0.2, 0.25) is 5.02 Å². The van der Waals surface area contributed by atoms with Gasteiger partial charge in [-0.15, -0.1) is 0 Å². The van der Waals surface area contributed by atoms with Gasteiger partial charge in [-0.2, -0.15) is 0 Å². The summed E-state index contributed by atoms with van der Waals surface area (Å²) in [7, 11) is 1.46. The van der Waals surface area contributed by atoms with E-state index >= 15 is 0 Å². The Balaban J connectivity index is 1.60. The fourth-order valence-electron chi connectivity index (χ4n) is 2.66. The van der Waals surface area contributed by atoms with E-state index in [0.29, 0.717) is 18.1 Å². The lowest BCUT2D eigenvalue weighted by Gasteiger charge is -2.17. The number of ether oxygens (including phenoxy) is 1. The Kier molecular flexibility index (Phi) is 4.76. The van der Waals surface area contributed by atoms with Crippen LogP contribution in [0, 0.1) is 0 Å². The number of furan rings is 1. The van der Waals surface area contributed by atoms with Gasteiger partial charge in [-0.3, -0.25) is 9.59 Å². The molecule has 1 aromatic carbocycles. The Hall–Kier alpha value is -2.47. The van der Waals surface area contributed by atoms with E-state index in [0.717, 1.165) is 5.56 Å². The topological polar surface area (TPSA) is 71.8 Å². The van der Waals surface area contributed by atoms with Gasteiger partial charge in [0.25, 0.3) is 11.9 Å². The summed E-state index contributed by atoms with van der Waals surface area (Å²) in [6, 6.07) is 10.2. The van der Waals surface area contributed by atoms with Gasteiger partial charge in [0.2, 0.25) is 5.91 Å². The van der Waals surface area contributed by atoms with Crippen LogP contribution in [0.1, 0.15) is 22.5 Å². The summed E-state index contributed by atoms with van der Waals surface area (Å²) in [5.41, 5.74) is 0.885. The summed E-state index contributed by atoms with van der Waals surface area (Å²) in [4.78, 5) is 26.0. The van der Waals surface area contributed by atoms with Crippen LogP contribution in [-0.4, -0.2) is 36.4 Å². The molecule has 7 heteroatoms. The molecule has 1 fully saturated rings. The zero-order chi connectivity index (χ0) is 17.1. The van der Waals surface area contributed by atoms with Gasteiger partial charge in [0, 0.05) is 30.6 Å². The minimum atomic E-state index is -0.365. The van der Waals surface area contributed by atoms with Gasteiger partial charge in [0.1, 0.15) is 0 Å². The van der Waals surface area contributed by atoms with Crippen molar-refractivity contribution in [2.45, 2.75) is 19.0 Å². The van der Waals surface area contributed by atoms with Gasteiger partial charge in [-0.25, -0.2) is 0 Å². The first kappa shape index (κ1) is 16.4. The minimum Gasteiger partial charge on any atom is -0.468 e. The third-order valence-electron chi connectivity index (χ3n) is 3.88. The fourth-order valence-corrected chi connectivity index (χ4v) is 2.86. The predicted molar refractivity (Wildman–Crippen MR) is 88.0 cm³/mol. The van der Waals surface area contributed by atoms with Crippen LogP contribution in [0.25, 0.3) is 0 Å². The number of methoxy groups -OCH3 is 1. The molecule has 1 N–H and O–H groups in total. The highest BCUT2D eigenvalue weighted by Gasteiger charge is 2.31. The Bertz CT molecular complexity index is 759. The van der Waals surface area contributed by atoms with E-state index in [2.05, 4.69) is 5.32 Å². The molecule has 1 aromatic heterocycles. The molecule has 0 saturated carbocycles. The normalized spacial score (nSPS) is 17.2. The van der Waals surface area contributed by atoms with Crippen molar-refractivity contribution in [2.75, 3.05) is 13.7 Å². The van der Waals surface area contributed by atoms with E-state index in [1.807, 2.05) is 18.2 Å². The molecule has 1 aliphatic heterocycles. The molecule has 0 aliphatic carbocycles. The molecule has 0 radical (unpaired) electrons. The van der Waals surface area contributed by atoms with Gasteiger partial charge < -0.3 is 19.4 Å². The quantitative estimate of drug-likeness (QED) is 0.901. The summed E-state index contributed by atoms with van der Waals surface area (Å²) in [5, 5.41) is 3.44. The fraction of sp³-hybridized carbons (Fsp3) is 0.294. The molecule has 24 heavy (non-hydrogen) atoms. The van der Waals surface area contributed by atoms with Crippen molar-refractivity contribution < 1.29 is 18.7 Å². The second-order valence-corrected chi connectivity index (χ2v) is 5.97. The lowest BCUT2D eigenvalue weighted by Crippen LogP contribution is -2.36. The van der Waals surface area contributed by atoms with Crippen LogP contribution in [0.5, 0.6) is 5.95 Å². The van der Waals surface area contributed by atoms with Crippen LogP contribution in [0.3, 0.4) is 0 Å². The first-order valence-corrected chi connectivity index (χ1v) is 7.90. The third-order valence-corrected chi connectivity index (χ3v) is 4.24. The molecule has 1 saturated heterocycles. The van der Waals surface area contributed by atoms with Crippen molar-refractivity contribution in [3.8, 4) is 5.95 Å². The molecule has 3 rings (SSSR count). The molecule has 0 spiro atoms. The van der Waals surface area contributed by atoms with E-state index < -0.39 is 0 Å². The lowest BCUT2D eigenvalue weighted by molar-refractivity contribution is -0.128. The molecular weight excluding hydrogens is 332 g/mol. The van der Waals surface area contributed by atoms with E-state index in [-0.39, 0.29) is 36.0 Å². The van der Waals surface area contributed by atoms with E-state index in [4.69, 9.17) is 20.8 Å². The van der Waals surface area contributed by atoms with Crippen molar-refractivity contribution in [1.29, 1.82) is 0 Å². The maximum absolute atomic E-state index is 12.2. The van der Waals surface area contributed by atoms with E-state index in [1.165, 1.54) is 13.2 Å². The lowest BCUT2D eigenvalue weighted by atomic mass is 10.2. The first-order valence-electron chi connectivity index (χ1n) is 7.52. The molecular formula is C17H17ClN2O4. The number of nitrogens with zero attached hydrogens (tertiary/aromatic N) is 1. The number of rotatable bonds is 5. The number of hydrogen-bond donors (Lipinski definition) is 1. The van der Waals surface area contributed by atoms with Gasteiger partial charge >= 0.3 is 0 Å². The highest BCUT2D eigenvalue weighted by molar-refractivity contribution is 6.31. The molecule has 2 amide bonds. The number of nitrogens with one attached hydrogen (secondary N) is 1. The van der Waals surface area contributed by atoms with Crippen molar-refractivity contribution in [1.82, 2.24) is 10.2 Å². The summed E-state index contributed by atoms with van der Waals surface area (Å²) in [5.74, 6) is 0.0415. The van der Waals surface area contributed by atoms with Crippen molar-refractivity contribution in [2.24, 2.45) is 0 Å². The number of carbonyl (C=O) groups is 2. The molecule has 2 heterocycles. The Morgan fingerprint density at radius 2 is 2.17 bits per heavy atom. The zero-order valence-corrected chi connectivity index (χ0v) is 13.9. The summed E-state index contributed by atoms with van der Waals surface area (Å²) in [6.07, 6.45) is 0.258. The van der Waals surface area contributed by atoms with Crippen molar-refractivity contribution in [3.05, 3.63) is 52.7 Å². The monoisotopic (exact) mass is 348 g/mol. The zero-order valence-electron chi connectivity index (χ0n) is 13.1. The van der Waals surface area contributed by atoms with Crippen LogP contribution in [0.15, 0.2) is 40.8 Å². The van der Waals surface area contributed by atoms with Crippen molar-refractivity contribution >= 4 is 23.4 Å². The number of carbonyl (C=O) groups excluding carboxylic acids is 2. The number of likely N-dealkylation sites (tertiary alicyclic amines) is 1. The van der Waals surface area contributed by atoms with Crippen LogP contribution < -0.4 is 10.1 Å². The molecule has 2 aromatic rings. The standard InChI is InChI=1S/C17H17ClN2O4/c1-23-16-7-6-14(24-16)17(22)19-12-8-15(21)20(10-12)9-11-4-2-3-5-13(11)18/h2-7,12H,8-10H2,1H3,(H,19,22). The Morgan fingerprint density at radius 1 is 1.38 bits per heavy atom. The van der Waals surface area contributed by atoms with Gasteiger partial charge in [-0.05, 0) is 17.7 Å².